The second-order valence-electron chi connectivity index (χ2n) is 8.33. The van der Waals surface area contributed by atoms with E-state index in [1.54, 1.807) is 14.2 Å². The van der Waals surface area contributed by atoms with E-state index in [0.717, 1.165) is 16.8 Å². The molecule has 172 valence electrons. The van der Waals surface area contributed by atoms with Gasteiger partial charge in [0.2, 0.25) is 0 Å². The number of hydrogen-bond donors (Lipinski definition) is 1. The summed E-state index contributed by atoms with van der Waals surface area (Å²) in [5.41, 5.74) is 4.70. The number of carbonyl (C=O) groups excluding carboxylic acids is 2. The van der Waals surface area contributed by atoms with E-state index in [1.807, 2.05) is 49.4 Å². The summed E-state index contributed by atoms with van der Waals surface area (Å²) in [6.07, 6.45) is 1.11. The highest BCUT2D eigenvalue weighted by Crippen LogP contribution is 2.45. The first-order chi connectivity index (χ1) is 16.0. The lowest BCUT2D eigenvalue weighted by Crippen LogP contribution is -2.36. The highest BCUT2D eigenvalue weighted by atomic mass is 16.6. The van der Waals surface area contributed by atoms with Crippen molar-refractivity contribution < 1.29 is 23.8 Å². The molecule has 2 atom stereocenters. The zero-order valence-electron chi connectivity index (χ0n) is 19.2. The Bertz CT molecular complexity index is 1090. The van der Waals surface area contributed by atoms with Crippen LogP contribution in [-0.2, 0) is 19.1 Å². The fourth-order valence-corrected chi connectivity index (χ4v) is 4.70. The van der Waals surface area contributed by atoms with Crippen LogP contribution in [0.25, 0.3) is 0 Å². The second kappa shape index (κ2) is 10.0. The minimum Gasteiger partial charge on any atom is -0.497 e. The van der Waals surface area contributed by atoms with Crippen LogP contribution in [0.5, 0.6) is 5.75 Å². The van der Waals surface area contributed by atoms with Gasteiger partial charge >= 0.3 is 5.97 Å². The molecule has 0 fully saturated rings. The summed E-state index contributed by atoms with van der Waals surface area (Å²) in [5.74, 6) is -0.0719. The SMILES string of the molecule is COCCOC(=O)C1=C(C)NC2=C(C(=O)C[C@@H](c3ccccc3)C2)[C@H]1c1ccc(OC)cc1. The Balaban J connectivity index is 1.74. The molecule has 1 N–H and O–H groups in total. The van der Waals surface area contributed by atoms with E-state index in [9.17, 15) is 9.59 Å². The minimum absolute atomic E-state index is 0.0492. The molecule has 0 aromatic heterocycles. The fraction of sp³-hybridized carbons (Fsp3) is 0.333. The molecule has 6 heteroatoms. The number of benzene rings is 2. The number of dihydropyridines is 1. The summed E-state index contributed by atoms with van der Waals surface area (Å²) in [7, 11) is 3.17. The van der Waals surface area contributed by atoms with Gasteiger partial charge in [0.25, 0.3) is 0 Å². The van der Waals surface area contributed by atoms with Gasteiger partial charge in [-0.25, -0.2) is 4.79 Å². The van der Waals surface area contributed by atoms with Crippen LogP contribution in [0.4, 0.5) is 0 Å². The summed E-state index contributed by atoms with van der Waals surface area (Å²) in [5, 5.41) is 3.37. The molecule has 2 aromatic carbocycles. The zero-order valence-corrected chi connectivity index (χ0v) is 19.2. The van der Waals surface area contributed by atoms with Gasteiger partial charge in [-0.3, -0.25) is 4.79 Å². The molecule has 0 radical (unpaired) electrons. The third-order valence-electron chi connectivity index (χ3n) is 6.29. The number of allylic oxidation sites excluding steroid dienone is 3. The number of Topliss-reactive ketones (excluding diaryl/α,β-unsaturated/α-hetero) is 1. The maximum Gasteiger partial charge on any atom is 0.336 e. The van der Waals surface area contributed by atoms with Crippen LogP contribution in [0.2, 0.25) is 0 Å². The van der Waals surface area contributed by atoms with Gasteiger partial charge in [-0.2, -0.15) is 0 Å². The number of methoxy groups -OCH3 is 2. The van der Waals surface area contributed by atoms with Crippen LogP contribution >= 0.6 is 0 Å². The van der Waals surface area contributed by atoms with E-state index < -0.39 is 11.9 Å². The van der Waals surface area contributed by atoms with Crippen LogP contribution in [0.3, 0.4) is 0 Å². The van der Waals surface area contributed by atoms with E-state index >= 15 is 0 Å². The first-order valence-corrected chi connectivity index (χ1v) is 11.1. The number of carbonyl (C=O) groups is 2. The highest BCUT2D eigenvalue weighted by molar-refractivity contribution is 6.04. The third-order valence-corrected chi connectivity index (χ3v) is 6.29. The molecular weight excluding hydrogens is 418 g/mol. The Morgan fingerprint density at radius 2 is 1.70 bits per heavy atom. The molecule has 0 saturated heterocycles. The Hall–Kier alpha value is -3.38. The zero-order chi connectivity index (χ0) is 23.4. The van der Waals surface area contributed by atoms with E-state index in [-0.39, 0.29) is 18.3 Å². The molecule has 0 spiro atoms. The average molecular weight is 448 g/mol. The van der Waals surface area contributed by atoms with Crippen molar-refractivity contribution in [2.24, 2.45) is 0 Å². The lowest BCUT2D eigenvalue weighted by atomic mass is 9.72. The van der Waals surface area contributed by atoms with Gasteiger partial charge < -0.3 is 19.5 Å². The van der Waals surface area contributed by atoms with Crippen molar-refractivity contribution in [1.82, 2.24) is 5.32 Å². The minimum atomic E-state index is -0.494. The number of rotatable bonds is 7. The van der Waals surface area contributed by atoms with Crippen molar-refractivity contribution in [2.75, 3.05) is 27.4 Å². The summed E-state index contributed by atoms with van der Waals surface area (Å²) in [4.78, 5) is 26.7. The molecule has 1 heterocycles. The van der Waals surface area contributed by atoms with Crippen molar-refractivity contribution in [3.8, 4) is 5.75 Å². The Kier molecular flexibility index (Phi) is 6.94. The molecule has 4 rings (SSSR count). The molecule has 0 bridgehead atoms. The maximum absolute atomic E-state index is 13.5. The van der Waals surface area contributed by atoms with Crippen LogP contribution < -0.4 is 10.1 Å². The summed E-state index contributed by atoms with van der Waals surface area (Å²) < 4.78 is 15.8. The average Bonchev–Trinajstić information content (AvgIpc) is 2.83. The lowest BCUT2D eigenvalue weighted by molar-refractivity contribution is -0.140. The fourth-order valence-electron chi connectivity index (χ4n) is 4.70. The van der Waals surface area contributed by atoms with Crippen molar-refractivity contribution in [1.29, 1.82) is 0 Å². The Labute approximate surface area is 194 Å². The van der Waals surface area contributed by atoms with Crippen LogP contribution in [-0.4, -0.2) is 39.2 Å². The van der Waals surface area contributed by atoms with Gasteiger partial charge in [0.1, 0.15) is 12.4 Å². The normalized spacial score (nSPS) is 20.3. The first-order valence-electron chi connectivity index (χ1n) is 11.1. The van der Waals surface area contributed by atoms with Crippen molar-refractivity contribution in [2.45, 2.75) is 31.6 Å². The van der Waals surface area contributed by atoms with Gasteiger partial charge in [-0.1, -0.05) is 42.5 Å². The molecule has 1 aliphatic heterocycles. The lowest BCUT2D eigenvalue weighted by Gasteiger charge is -2.36. The van der Waals surface area contributed by atoms with Crippen molar-refractivity contribution >= 4 is 11.8 Å². The molecule has 6 nitrogen and oxygen atoms in total. The second-order valence-corrected chi connectivity index (χ2v) is 8.33. The summed E-state index contributed by atoms with van der Waals surface area (Å²) in [6.45, 7) is 2.32. The summed E-state index contributed by atoms with van der Waals surface area (Å²) >= 11 is 0. The molecule has 0 unspecified atom stereocenters. The quantitative estimate of drug-likeness (QED) is 0.505. The molecule has 0 saturated carbocycles. The smallest absolute Gasteiger partial charge is 0.336 e. The number of hydrogen-bond acceptors (Lipinski definition) is 6. The molecule has 33 heavy (non-hydrogen) atoms. The predicted molar refractivity (Wildman–Crippen MR) is 125 cm³/mol. The largest absolute Gasteiger partial charge is 0.497 e. The number of ether oxygens (including phenoxy) is 3. The summed E-state index contributed by atoms with van der Waals surface area (Å²) in [6, 6.07) is 17.6. The highest BCUT2D eigenvalue weighted by Gasteiger charge is 2.41. The van der Waals surface area contributed by atoms with Crippen molar-refractivity contribution in [3.63, 3.8) is 0 Å². The third kappa shape index (κ3) is 4.71. The molecule has 0 amide bonds. The predicted octanol–water partition coefficient (Wildman–Crippen LogP) is 4.25. The molecular formula is C27H29NO5. The number of nitrogens with one attached hydrogen (secondary N) is 1. The first kappa shape index (κ1) is 22.8. The number of ketones is 1. The van der Waals surface area contributed by atoms with E-state index in [4.69, 9.17) is 14.2 Å². The van der Waals surface area contributed by atoms with Crippen molar-refractivity contribution in [3.05, 3.63) is 88.3 Å². The maximum atomic E-state index is 13.5. The number of esters is 1. The van der Waals surface area contributed by atoms with E-state index in [0.29, 0.717) is 42.0 Å². The van der Waals surface area contributed by atoms with Gasteiger partial charge in [0.15, 0.2) is 5.78 Å². The Morgan fingerprint density at radius 3 is 2.36 bits per heavy atom. The topological polar surface area (TPSA) is 73.9 Å². The monoisotopic (exact) mass is 447 g/mol. The van der Waals surface area contributed by atoms with Gasteiger partial charge in [-0.05, 0) is 42.5 Å². The molecule has 2 aromatic rings. The van der Waals surface area contributed by atoms with Gasteiger partial charge in [0.05, 0.1) is 19.3 Å². The standard InChI is InChI=1S/C27H29NO5/c1-17-24(27(30)33-14-13-31-2)25(19-9-11-21(32-3)12-10-19)26-22(28-17)15-20(16-23(26)29)18-7-5-4-6-8-18/h4-12,20,25,28H,13-16H2,1-3H3/t20-,25-/m0/s1. The van der Waals surface area contributed by atoms with E-state index in [1.165, 1.54) is 0 Å². The van der Waals surface area contributed by atoms with Gasteiger partial charge in [0, 0.05) is 36.4 Å². The van der Waals surface area contributed by atoms with Gasteiger partial charge in [-0.15, -0.1) is 0 Å². The van der Waals surface area contributed by atoms with E-state index in [2.05, 4.69) is 17.4 Å². The van der Waals surface area contributed by atoms with Crippen LogP contribution in [0.1, 0.15) is 42.7 Å². The van der Waals surface area contributed by atoms with Crippen LogP contribution in [0.15, 0.2) is 77.1 Å². The van der Waals surface area contributed by atoms with Crippen LogP contribution in [0, 0.1) is 0 Å². The molecule has 1 aliphatic carbocycles. The molecule has 2 aliphatic rings. The Morgan fingerprint density at radius 1 is 0.970 bits per heavy atom.